The predicted molar refractivity (Wildman–Crippen MR) is 146 cm³/mol. The van der Waals surface area contributed by atoms with Crippen LogP contribution < -0.4 is 19.7 Å². The van der Waals surface area contributed by atoms with Gasteiger partial charge in [-0.25, -0.2) is 4.79 Å². The molecule has 3 heterocycles. The predicted octanol–water partition coefficient (Wildman–Crippen LogP) is 4.57. The average molecular weight is 531 g/mol. The summed E-state index contributed by atoms with van der Waals surface area (Å²) in [6.07, 6.45) is 2.81. The molecule has 0 radical (unpaired) electrons. The monoisotopic (exact) mass is 530 g/mol. The first-order valence-corrected chi connectivity index (χ1v) is 13.6. The molecule has 204 valence electrons. The van der Waals surface area contributed by atoms with E-state index in [1.54, 1.807) is 0 Å². The molecular weight excluding hydrogens is 496 g/mol. The van der Waals surface area contributed by atoms with E-state index in [9.17, 15) is 9.59 Å². The van der Waals surface area contributed by atoms with Gasteiger partial charge < -0.3 is 29.2 Å². The Kier molecular flexibility index (Phi) is 6.81. The zero-order valence-electron chi connectivity index (χ0n) is 22.6. The molecule has 0 bridgehead atoms. The fourth-order valence-electron chi connectivity index (χ4n) is 6.04. The number of hydrogen-bond donors (Lipinski definition) is 1. The molecule has 0 amide bonds. The Morgan fingerprint density at radius 3 is 2.56 bits per heavy atom. The molecular formula is C31H34N2O6. The summed E-state index contributed by atoms with van der Waals surface area (Å²) >= 11 is 0. The van der Waals surface area contributed by atoms with Gasteiger partial charge >= 0.3 is 5.97 Å². The third kappa shape index (κ3) is 4.89. The second-order valence-electron chi connectivity index (χ2n) is 10.8. The lowest BCUT2D eigenvalue weighted by molar-refractivity contribution is -0.142. The number of ether oxygens (including phenoxy) is 4. The van der Waals surface area contributed by atoms with Crippen molar-refractivity contribution in [2.45, 2.75) is 50.5 Å². The molecule has 0 saturated carbocycles. The van der Waals surface area contributed by atoms with Gasteiger partial charge in [0.2, 0.25) is 6.79 Å². The maximum Gasteiger partial charge on any atom is 0.336 e. The van der Waals surface area contributed by atoms with Gasteiger partial charge in [0.05, 0.1) is 11.7 Å². The molecule has 39 heavy (non-hydrogen) atoms. The highest BCUT2D eigenvalue weighted by molar-refractivity contribution is 6.04. The number of dihydropyridines is 1. The van der Waals surface area contributed by atoms with E-state index in [0.29, 0.717) is 47.8 Å². The van der Waals surface area contributed by atoms with Crippen LogP contribution in [0.3, 0.4) is 0 Å². The van der Waals surface area contributed by atoms with Gasteiger partial charge in [-0.2, -0.15) is 0 Å². The van der Waals surface area contributed by atoms with E-state index in [-0.39, 0.29) is 31.2 Å². The number of carbonyl (C=O) groups excluding carboxylic acids is 2. The Bertz CT molecular complexity index is 1350. The third-order valence-corrected chi connectivity index (χ3v) is 8.08. The Morgan fingerprint density at radius 2 is 1.82 bits per heavy atom. The molecule has 8 heteroatoms. The SMILES string of the molecule is CC1=C(C(=O)OC[C@@H]2CCCO2)[C@@H](c2ccc3c(c2)OCO3)C2=C(C[C@H](c3ccc(N(C)C)cc3)CC2=O)N1. The van der Waals surface area contributed by atoms with Crippen molar-refractivity contribution in [2.24, 2.45) is 0 Å². The van der Waals surface area contributed by atoms with E-state index in [1.165, 1.54) is 0 Å². The van der Waals surface area contributed by atoms with Gasteiger partial charge in [0.25, 0.3) is 0 Å². The quantitative estimate of drug-likeness (QED) is 0.544. The van der Waals surface area contributed by atoms with Gasteiger partial charge in [0.15, 0.2) is 17.3 Å². The molecule has 3 atom stereocenters. The number of esters is 1. The largest absolute Gasteiger partial charge is 0.459 e. The Hall–Kier alpha value is -3.78. The number of nitrogens with one attached hydrogen (secondary N) is 1. The molecule has 0 aromatic heterocycles. The van der Waals surface area contributed by atoms with Crippen LogP contribution in [0.15, 0.2) is 65.0 Å². The summed E-state index contributed by atoms with van der Waals surface area (Å²) in [5.74, 6) is 0.362. The van der Waals surface area contributed by atoms with Crippen LogP contribution in [0.2, 0.25) is 0 Å². The molecule has 0 spiro atoms. The van der Waals surface area contributed by atoms with Crippen molar-refractivity contribution in [3.8, 4) is 11.5 Å². The number of nitrogens with zero attached hydrogens (tertiary/aromatic N) is 1. The van der Waals surface area contributed by atoms with E-state index < -0.39 is 11.9 Å². The minimum atomic E-state index is -0.558. The van der Waals surface area contributed by atoms with Gasteiger partial charge in [-0.05, 0) is 67.5 Å². The van der Waals surface area contributed by atoms with E-state index in [2.05, 4.69) is 34.5 Å². The maximum absolute atomic E-state index is 13.9. The molecule has 6 rings (SSSR count). The highest BCUT2D eigenvalue weighted by Gasteiger charge is 2.42. The summed E-state index contributed by atoms with van der Waals surface area (Å²) in [6.45, 7) is 2.92. The zero-order chi connectivity index (χ0) is 27.1. The van der Waals surface area contributed by atoms with Crippen LogP contribution in [0.25, 0.3) is 0 Å². The summed E-state index contributed by atoms with van der Waals surface area (Å²) in [5.41, 5.74) is 5.69. The van der Waals surface area contributed by atoms with E-state index in [4.69, 9.17) is 18.9 Å². The number of anilines is 1. The number of fused-ring (bicyclic) bond motifs is 1. The number of carbonyl (C=O) groups is 2. The first kappa shape index (κ1) is 25.5. The fourth-order valence-corrected chi connectivity index (χ4v) is 6.04. The third-order valence-electron chi connectivity index (χ3n) is 8.08. The van der Waals surface area contributed by atoms with Crippen molar-refractivity contribution >= 4 is 17.4 Å². The Morgan fingerprint density at radius 1 is 1.05 bits per heavy atom. The lowest BCUT2D eigenvalue weighted by Crippen LogP contribution is -2.36. The van der Waals surface area contributed by atoms with Crippen LogP contribution in [0.1, 0.15) is 55.6 Å². The molecule has 1 saturated heterocycles. The minimum Gasteiger partial charge on any atom is -0.459 e. The van der Waals surface area contributed by atoms with Gasteiger partial charge in [0, 0.05) is 55.7 Å². The average Bonchev–Trinajstić information content (AvgIpc) is 3.62. The molecule has 1 aliphatic carbocycles. The van der Waals surface area contributed by atoms with Gasteiger partial charge in [0.1, 0.15) is 6.61 Å². The van der Waals surface area contributed by atoms with Crippen LogP contribution in [0.4, 0.5) is 5.69 Å². The lowest BCUT2D eigenvalue weighted by atomic mass is 9.71. The van der Waals surface area contributed by atoms with E-state index in [1.807, 2.05) is 39.2 Å². The maximum atomic E-state index is 13.9. The van der Waals surface area contributed by atoms with Crippen molar-refractivity contribution in [2.75, 3.05) is 39.0 Å². The topological polar surface area (TPSA) is 86.3 Å². The molecule has 2 aromatic carbocycles. The number of Topliss-reactive ketones (excluding diaryl/α,β-unsaturated/α-hetero) is 1. The second kappa shape index (κ2) is 10.4. The van der Waals surface area contributed by atoms with Crippen LogP contribution in [0, 0.1) is 0 Å². The number of hydrogen-bond acceptors (Lipinski definition) is 8. The zero-order valence-corrected chi connectivity index (χ0v) is 22.6. The first-order valence-electron chi connectivity index (χ1n) is 13.6. The standard InChI is InChI=1S/C31H34N2O6/c1-18-28(31(35)37-16-23-5-4-12-36-23)29(20-8-11-26-27(15-20)39-17-38-26)30-24(32-18)13-21(14-25(30)34)19-6-9-22(10-7-19)33(2)3/h6-11,15,21,23,29,32H,4-5,12-14,16-17H2,1-3H3/t21-,23-,29+/m0/s1. The van der Waals surface area contributed by atoms with Crippen LogP contribution >= 0.6 is 0 Å². The summed E-state index contributed by atoms with van der Waals surface area (Å²) in [7, 11) is 4.02. The molecule has 1 N–H and O–H groups in total. The van der Waals surface area contributed by atoms with Gasteiger partial charge in [-0.1, -0.05) is 18.2 Å². The summed E-state index contributed by atoms with van der Waals surface area (Å²) in [5, 5.41) is 3.43. The molecule has 0 unspecified atom stereocenters. The Balaban J connectivity index is 1.34. The van der Waals surface area contributed by atoms with Gasteiger partial charge in [-0.3, -0.25) is 4.79 Å². The molecule has 3 aliphatic heterocycles. The lowest BCUT2D eigenvalue weighted by Gasteiger charge is -2.37. The summed E-state index contributed by atoms with van der Waals surface area (Å²) in [4.78, 5) is 29.5. The molecule has 8 nitrogen and oxygen atoms in total. The number of ketones is 1. The molecule has 4 aliphatic rings. The van der Waals surface area contributed by atoms with Gasteiger partial charge in [-0.15, -0.1) is 0 Å². The summed E-state index contributed by atoms with van der Waals surface area (Å²) < 4.78 is 22.6. The number of rotatable bonds is 6. The van der Waals surface area contributed by atoms with Crippen LogP contribution in [-0.2, 0) is 19.1 Å². The highest BCUT2D eigenvalue weighted by atomic mass is 16.7. The smallest absolute Gasteiger partial charge is 0.336 e. The van der Waals surface area contributed by atoms with Crippen LogP contribution in [0.5, 0.6) is 11.5 Å². The van der Waals surface area contributed by atoms with Crippen molar-refractivity contribution in [3.05, 3.63) is 76.1 Å². The van der Waals surface area contributed by atoms with Crippen LogP contribution in [-0.4, -0.2) is 52.0 Å². The second-order valence-corrected chi connectivity index (χ2v) is 10.8. The van der Waals surface area contributed by atoms with Crippen molar-refractivity contribution in [1.82, 2.24) is 5.32 Å². The Labute approximate surface area is 228 Å². The fraction of sp³-hybridized carbons (Fsp3) is 0.419. The van der Waals surface area contributed by atoms with Crippen molar-refractivity contribution in [3.63, 3.8) is 0 Å². The minimum absolute atomic E-state index is 0.0324. The van der Waals surface area contributed by atoms with E-state index >= 15 is 0 Å². The number of allylic oxidation sites excluding steroid dienone is 3. The van der Waals surface area contributed by atoms with Crippen molar-refractivity contribution < 1.29 is 28.5 Å². The molecule has 1 fully saturated rings. The summed E-state index contributed by atoms with van der Waals surface area (Å²) in [6, 6.07) is 14.0. The highest BCUT2D eigenvalue weighted by Crippen LogP contribution is 2.47. The first-order chi connectivity index (χ1) is 18.9. The van der Waals surface area contributed by atoms with Crippen molar-refractivity contribution in [1.29, 1.82) is 0 Å². The normalized spacial score (nSPS) is 24.0. The molecule has 2 aromatic rings. The van der Waals surface area contributed by atoms with E-state index in [0.717, 1.165) is 35.4 Å². The number of benzene rings is 2.